The Balaban J connectivity index is 1.38. The first-order valence-corrected chi connectivity index (χ1v) is 12.7. The van der Waals surface area contributed by atoms with E-state index in [9.17, 15) is 13.2 Å². The van der Waals surface area contributed by atoms with E-state index in [1.807, 2.05) is 12.1 Å². The van der Waals surface area contributed by atoms with Gasteiger partial charge in [-0.25, -0.2) is 18.1 Å². The molecule has 1 unspecified atom stereocenters. The van der Waals surface area contributed by atoms with Crippen LogP contribution < -0.4 is 14.9 Å². The third kappa shape index (κ3) is 5.58. The Kier molecular flexibility index (Phi) is 7.30. The minimum absolute atomic E-state index is 0.0584. The molecule has 0 aliphatic carbocycles. The predicted molar refractivity (Wildman–Crippen MR) is 122 cm³/mol. The smallest absolute Gasteiger partial charge is 0.251 e. The summed E-state index contributed by atoms with van der Waals surface area (Å²) in [5, 5.41) is 2.87. The van der Waals surface area contributed by atoms with E-state index in [-0.39, 0.29) is 40.6 Å². The molecule has 0 radical (unpaired) electrons. The minimum Gasteiger partial charge on any atom is -0.377 e. The molecule has 1 aromatic carbocycles. The van der Waals surface area contributed by atoms with Crippen LogP contribution in [0.25, 0.3) is 0 Å². The van der Waals surface area contributed by atoms with E-state index in [1.165, 1.54) is 31.0 Å². The lowest BCUT2D eigenvalue weighted by molar-refractivity contribution is 0.0950. The van der Waals surface area contributed by atoms with Gasteiger partial charge in [0.05, 0.1) is 11.1 Å². The van der Waals surface area contributed by atoms with Crippen LogP contribution in [0.15, 0.2) is 41.4 Å². The number of rotatable bonds is 8. The molecule has 2 N–H and O–H groups in total. The number of sulfonamides is 1. The molecule has 2 aliphatic heterocycles. The maximum Gasteiger partial charge on any atom is 0.251 e. The summed E-state index contributed by atoms with van der Waals surface area (Å²) in [7, 11) is -3.87. The molecule has 0 bridgehead atoms. The van der Waals surface area contributed by atoms with Gasteiger partial charge in [-0.15, -0.1) is 0 Å². The second kappa shape index (κ2) is 10.2. The zero-order valence-electron chi connectivity index (χ0n) is 17.7. The average molecular weight is 479 g/mol. The van der Waals surface area contributed by atoms with E-state index >= 15 is 0 Å². The van der Waals surface area contributed by atoms with Gasteiger partial charge in [-0.3, -0.25) is 4.79 Å². The summed E-state index contributed by atoms with van der Waals surface area (Å²) in [5.41, 5.74) is 1.08. The van der Waals surface area contributed by atoms with Gasteiger partial charge in [0, 0.05) is 44.5 Å². The highest BCUT2D eigenvalue weighted by atomic mass is 35.5. The number of aromatic nitrogens is 1. The van der Waals surface area contributed by atoms with Crippen LogP contribution in [0.4, 0.5) is 5.82 Å². The number of carbonyl (C=O) groups excluding carboxylic acids is 1. The summed E-state index contributed by atoms with van der Waals surface area (Å²) in [6.45, 7) is 3.14. The van der Waals surface area contributed by atoms with Crippen molar-refractivity contribution in [3.05, 3.63) is 52.7 Å². The van der Waals surface area contributed by atoms with Crippen LogP contribution in [0.5, 0.6) is 0 Å². The molecule has 172 valence electrons. The lowest BCUT2D eigenvalue weighted by Crippen LogP contribution is -2.32. The summed E-state index contributed by atoms with van der Waals surface area (Å²) >= 11 is 6.13. The van der Waals surface area contributed by atoms with Crippen molar-refractivity contribution in [2.45, 2.75) is 43.2 Å². The van der Waals surface area contributed by atoms with Gasteiger partial charge in [-0.1, -0.05) is 17.7 Å². The van der Waals surface area contributed by atoms with Gasteiger partial charge in [-0.05, 0) is 55.5 Å². The lowest BCUT2D eigenvalue weighted by Gasteiger charge is -2.16. The quantitative estimate of drug-likeness (QED) is 0.605. The number of pyridine rings is 1. The molecule has 10 heteroatoms. The number of hydrogen-bond donors (Lipinski definition) is 2. The first kappa shape index (κ1) is 23.0. The van der Waals surface area contributed by atoms with Gasteiger partial charge in [0.1, 0.15) is 10.7 Å². The molecule has 1 amide bonds. The van der Waals surface area contributed by atoms with Crippen LogP contribution in [-0.2, 0) is 21.3 Å². The number of anilines is 1. The fourth-order valence-corrected chi connectivity index (χ4v) is 5.47. The van der Waals surface area contributed by atoms with Crippen molar-refractivity contribution < 1.29 is 17.9 Å². The number of nitrogens with zero attached hydrogens (tertiary/aromatic N) is 2. The Morgan fingerprint density at radius 3 is 2.69 bits per heavy atom. The standard InChI is InChI=1S/C22H27ClN4O4S/c23-19-7-6-17(12-20(19)32(29,30)26-15-18-4-3-11-31-18)22(28)25-14-16-5-8-21(24-13-16)27-9-1-2-10-27/h5-8,12-13,18,26H,1-4,9-11,14-15H2,(H,25,28). The van der Waals surface area contributed by atoms with E-state index in [0.717, 1.165) is 37.3 Å². The average Bonchev–Trinajstić information content (AvgIpc) is 3.51. The predicted octanol–water partition coefficient (Wildman–Crippen LogP) is 2.72. The van der Waals surface area contributed by atoms with E-state index in [1.54, 1.807) is 6.20 Å². The van der Waals surface area contributed by atoms with Crippen LogP contribution >= 0.6 is 11.6 Å². The molecule has 32 heavy (non-hydrogen) atoms. The maximum atomic E-state index is 12.7. The summed E-state index contributed by atoms with van der Waals surface area (Å²) in [6, 6.07) is 8.12. The topological polar surface area (TPSA) is 101 Å². The molecule has 1 aromatic heterocycles. The molecule has 2 aromatic rings. The largest absolute Gasteiger partial charge is 0.377 e. The minimum atomic E-state index is -3.87. The Bertz CT molecular complexity index is 1050. The van der Waals surface area contributed by atoms with Crippen molar-refractivity contribution >= 4 is 33.3 Å². The van der Waals surface area contributed by atoms with Gasteiger partial charge in [0.25, 0.3) is 5.91 Å². The van der Waals surface area contributed by atoms with Crippen LogP contribution in [0.3, 0.4) is 0 Å². The number of carbonyl (C=O) groups is 1. The third-order valence-electron chi connectivity index (χ3n) is 5.70. The van der Waals surface area contributed by atoms with Crippen LogP contribution in [-0.4, -0.2) is 51.7 Å². The zero-order chi connectivity index (χ0) is 22.6. The SMILES string of the molecule is O=C(NCc1ccc(N2CCCC2)nc1)c1ccc(Cl)c(S(=O)(=O)NCC2CCCO2)c1. The van der Waals surface area contributed by atoms with Crippen LogP contribution in [0.2, 0.25) is 5.02 Å². The fraction of sp³-hybridized carbons (Fsp3) is 0.455. The highest BCUT2D eigenvalue weighted by molar-refractivity contribution is 7.89. The van der Waals surface area contributed by atoms with Crippen molar-refractivity contribution in [2.24, 2.45) is 0 Å². The second-order valence-electron chi connectivity index (χ2n) is 8.03. The van der Waals surface area contributed by atoms with Crippen molar-refractivity contribution in [1.82, 2.24) is 15.0 Å². The molecule has 2 fully saturated rings. The van der Waals surface area contributed by atoms with Gasteiger partial charge >= 0.3 is 0 Å². The molecular weight excluding hydrogens is 452 g/mol. The highest BCUT2D eigenvalue weighted by Crippen LogP contribution is 2.23. The van der Waals surface area contributed by atoms with Crippen molar-refractivity contribution in [1.29, 1.82) is 0 Å². The summed E-state index contributed by atoms with van der Waals surface area (Å²) < 4.78 is 33.4. The molecule has 3 heterocycles. The number of ether oxygens (including phenoxy) is 1. The Labute approximate surface area is 193 Å². The summed E-state index contributed by atoms with van der Waals surface area (Å²) in [4.78, 5) is 19.2. The number of halogens is 1. The van der Waals surface area contributed by atoms with Crippen LogP contribution in [0, 0.1) is 0 Å². The van der Waals surface area contributed by atoms with Gasteiger partial charge in [0.15, 0.2) is 0 Å². The van der Waals surface area contributed by atoms with Gasteiger partial charge in [0.2, 0.25) is 10.0 Å². The Morgan fingerprint density at radius 1 is 1.19 bits per heavy atom. The molecule has 0 saturated carbocycles. The van der Waals surface area contributed by atoms with E-state index in [2.05, 4.69) is 19.9 Å². The van der Waals surface area contributed by atoms with E-state index in [4.69, 9.17) is 16.3 Å². The molecule has 2 saturated heterocycles. The molecule has 0 spiro atoms. The summed E-state index contributed by atoms with van der Waals surface area (Å²) in [6.07, 6.45) is 5.71. The zero-order valence-corrected chi connectivity index (χ0v) is 19.3. The number of hydrogen-bond acceptors (Lipinski definition) is 6. The van der Waals surface area contributed by atoms with Crippen molar-refractivity contribution in [3.63, 3.8) is 0 Å². The molecule has 2 aliphatic rings. The maximum absolute atomic E-state index is 12.7. The van der Waals surface area contributed by atoms with E-state index in [0.29, 0.717) is 6.61 Å². The number of amides is 1. The first-order chi connectivity index (χ1) is 15.4. The third-order valence-corrected chi connectivity index (χ3v) is 7.61. The molecular formula is C22H27ClN4O4S. The Hall–Kier alpha value is -2.20. The number of nitrogens with one attached hydrogen (secondary N) is 2. The summed E-state index contributed by atoms with van der Waals surface area (Å²) in [5.74, 6) is 0.557. The fourth-order valence-electron chi connectivity index (χ4n) is 3.88. The lowest BCUT2D eigenvalue weighted by atomic mass is 10.2. The number of benzene rings is 1. The first-order valence-electron chi connectivity index (χ1n) is 10.8. The molecule has 8 nitrogen and oxygen atoms in total. The monoisotopic (exact) mass is 478 g/mol. The molecule has 4 rings (SSSR count). The normalized spacial score (nSPS) is 18.8. The Morgan fingerprint density at radius 2 is 2.00 bits per heavy atom. The second-order valence-corrected chi connectivity index (χ2v) is 10.2. The van der Waals surface area contributed by atoms with Crippen molar-refractivity contribution in [3.8, 4) is 0 Å². The van der Waals surface area contributed by atoms with Gasteiger partial charge in [-0.2, -0.15) is 0 Å². The van der Waals surface area contributed by atoms with E-state index < -0.39 is 10.0 Å². The van der Waals surface area contributed by atoms with Crippen LogP contribution in [0.1, 0.15) is 41.6 Å². The highest BCUT2D eigenvalue weighted by Gasteiger charge is 2.23. The molecule has 1 atom stereocenters. The van der Waals surface area contributed by atoms with Gasteiger partial charge < -0.3 is 15.0 Å². The van der Waals surface area contributed by atoms with Crippen molar-refractivity contribution in [2.75, 3.05) is 31.1 Å².